The Balaban J connectivity index is 2.99. The van der Waals surface area contributed by atoms with Crippen LogP contribution in [-0.4, -0.2) is 0 Å². The average Bonchev–Trinajstić information content (AvgIpc) is 2.26. The highest BCUT2D eigenvalue weighted by molar-refractivity contribution is 4.98. The summed E-state index contributed by atoms with van der Waals surface area (Å²) in [6.45, 7) is 6.07. The van der Waals surface area contributed by atoms with Crippen LogP contribution in [0.2, 0.25) is 0 Å². The minimum atomic E-state index is 1.02. The molecule has 0 saturated carbocycles. The Kier molecular flexibility index (Phi) is 13.2. The first-order valence-electron chi connectivity index (χ1n) is 6.66. The van der Waals surface area contributed by atoms with E-state index in [-0.39, 0.29) is 0 Å². The summed E-state index contributed by atoms with van der Waals surface area (Å²) in [6.07, 6.45) is 14.0. The Hall–Kier alpha value is -0.440. The van der Waals surface area contributed by atoms with E-state index in [1.165, 1.54) is 44.9 Å². The van der Waals surface area contributed by atoms with Crippen molar-refractivity contribution in [1.29, 1.82) is 0 Å². The third-order valence-corrected chi connectivity index (χ3v) is 2.58. The van der Waals surface area contributed by atoms with Crippen molar-refractivity contribution >= 4 is 0 Å². The number of unbranched alkanes of at least 4 members (excludes halogenated alkanes) is 9. The summed E-state index contributed by atoms with van der Waals surface area (Å²) in [5.74, 6) is 6.45. The lowest BCUT2D eigenvalue weighted by Gasteiger charge is -1.97. The first-order chi connectivity index (χ1) is 7.41. The van der Waals surface area contributed by atoms with Gasteiger partial charge < -0.3 is 0 Å². The fraction of sp³-hybridized carbons (Fsp3) is 0.800. The van der Waals surface area contributed by atoms with Gasteiger partial charge in [0.05, 0.1) is 0 Å². The van der Waals surface area contributed by atoms with Gasteiger partial charge >= 0.3 is 0 Å². The van der Waals surface area contributed by atoms with Crippen LogP contribution in [0, 0.1) is 18.8 Å². The molecule has 0 atom stereocenters. The van der Waals surface area contributed by atoms with E-state index in [1.54, 1.807) is 0 Å². The molecule has 1 radical (unpaired) electrons. The van der Waals surface area contributed by atoms with Crippen LogP contribution in [0.4, 0.5) is 0 Å². The maximum Gasteiger partial charge on any atom is 0.00886 e. The van der Waals surface area contributed by atoms with Crippen molar-refractivity contribution < 1.29 is 0 Å². The lowest BCUT2D eigenvalue weighted by molar-refractivity contribution is 0.594. The minimum absolute atomic E-state index is 1.02. The van der Waals surface area contributed by atoms with Gasteiger partial charge in [0.15, 0.2) is 0 Å². The predicted molar refractivity (Wildman–Crippen MR) is 69.6 cm³/mol. The molecule has 0 fully saturated rings. The van der Waals surface area contributed by atoms with Crippen molar-refractivity contribution in [3.8, 4) is 11.8 Å². The Bertz CT molecular complexity index is 159. The molecule has 0 aliphatic rings. The molecule has 0 aliphatic heterocycles. The zero-order chi connectivity index (χ0) is 11.2. The van der Waals surface area contributed by atoms with Gasteiger partial charge in [0.25, 0.3) is 0 Å². The van der Waals surface area contributed by atoms with Crippen LogP contribution in [0.3, 0.4) is 0 Å². The van der Waals surface area contributed by atoms with E-state index in [2.05, 4.69) is 25.7 Å². The summed E-state index contributed by atoms with van der Waals surface area (Å²) in [7, 11) is 0. The molecule has 0 N–H and O–H groups in total. The summed E-state index contributed by atoms with van der Waals surface area (Å²) in [5.41, 5.74) is 0. The van der Waals surface area contributed by atoms with Crippen molar-refractivity contribution in [2.75, 3.05) is 0 Å². The molecule has 0 rings (SSSR count). The van der Waals surface area contributed by atoms with Crippen molar-refractivity contribution in [1.82, 2.24) is 0 Å². The van der Waals surface area contributed by atoms with E-state index in [0.29, 0.717) is 0 Å². The van der Waals surface area contributed by atoms with Crippen molar-refractivity contribution in [3.63, 3.8) is 0 Å². The molecule has 0 amide bonds. The van der Waals surface area contributed by atoms with Crippen LogP contribution >= 0.6 is 0 Å². The third kappa shape index (κ3) is 13.6. The summed E-state index contributed by atoms with van der Waals surface area (Å²) in [4.78, 5) is 0. The molecule has 0 aromatic carbocycles. The van der Waals surface area contributed by atoms with Crippen LogP contribution in [0.15, 0.2) is 0 Å². The first-order valence-corrected chi connectivity index (χ1v) is 6.66. The van der Waals surface area contributed by atoms with E-state index >= 15 is 0 Å². The highest BCUT2D eigenvalue weighted by Crippen LogP contribution is 2.07. The second-order valence-corrected chi connectivity index (χ2v) is 4.18. The fourth-order valence-electron chi connectivity index (χ4n) is 1.56. The molecule has 87 valence electrons. The van der Waals surface area contributed by atoms with E-state index in [4.69, 9.17) is 0 Å². The van der Waals surface area contributed by atoms with Crippen LogP contribution < -0.4 is 0 Å². The van der Waals surface area contributed by atoms with Crippen LogP contribution in [0.5, 0.6) is 0 Å². The zero-order valence-corrected chi connectivity index (χ0v) is 10.5. The van der Waals surface area contributed by atoms with Gasteiger partial charge in [-0.05, 0) is 12.8 Å². The molecular formula is C15H27. The van der Waals surface area contributed by atoms with Crippen molar-refractivity contribution in [2.45, 2.75) is 77.6 Å². The smallest absolute Gasteiger partial charge is 0.00886 e. The van der Waals surface area contributed by atoms with Gasteiger partial charge in [-0.25, -0.2) is 0 Å². The van der Waals surface area contributed by atoms with E-state index < -0.39 is 0 Å². The molecule has 0 heteroatoms. The van der Waals surface area contributed by atoms with E-state index in [1.807, 2.05) is 0 Å². The number of rotatable bonds is 9. The molecular weight excluding hydrogens is 180 g/mol. The SMILES string of the molecule is [CH2]CCCC#CCCCCCCCCC. The Morgan fingerprint density at radius 2 is 1.27 bits per heavy atom. The van der Waals surface area contributed by atoms with Gasteiger partial charge in [0.1, 0.15) is 0 Å². The third-order valence-electron chi connectivity index (χ3n) is 2.58. The quantitative estimate of drug-likeness (QED) is 0.363. The predicted octanol–water partition coefficient (Wildman–Crippen LogP) is 5.13. The molecule has 0 bridgehead atoms. The normalized spacial score (nSPS) is 9.73. The first kappa shape index (κ1) is 14.6. The van der Waals surface area contributed by atoms with Crippen molar-refractivity contribution in [2.24, 2.45) is 0 Å². The van der Waals surface area contributed by atoms with E-state index in [9.17, 15) is 0 Å². The Labute approximate surface area is 96.8 Å². The zero-order valence-electron chi connectivity index (χ0n) is 10.5. The molecule has 0 unspecified atom stereocenters. The molecule has 0 nitrogen and oxygen atoms in total. The molecule has 0 saturated heterocycles. The second-order valence-electron chi connectivity index (χ2n) is 4.18. The van der Waals surface area contributed by atoms with Gasteiger partial charge in [0, 0.05) is 12.8 Å². The van der Waals surface area contributed by atoms with Gasteiger partial charge in [0.2, 0.25) is 0 Å². The van der Waals surface area contributed by atoms with Crippen LogP contribution in [0.1, 0.15) is 77.6 Å². The van der Waals surface area contributed by atoms with Gasteiger partial charge in [-0.1, -0.05) is 58.8 Å². The van der Waals surface area contributed by atoms with Crippen molar-refractivity contribution in [3.05, 3.63) is 6.92 Å². The van der Waals surface area contributed by atoms with E-state index in [0.717, 1.165) is 25.7 Å². The lowest BCUT2D eigenvalue weighted by atomic mass is 10.1. The second kappa shape index (κ2) is 13.6. The number of hydrogen-bond donors (Lipinski definition) is 0. The van der Waals surface area contributed by atoms with Gasteiger partial charge in [-0.3, -0.25) is 0 Å². The maximum absolute atomic E-state index is 3.80. The molecule has 0 aromatic heterocycles. The molecule has 0 aliphatic carbocycles. The molecule has 0 heterocycles. The summed E-state index contributed by atoms with van der Waals surface area (Å²) < 4.78 is 0. The summed E-state index contributed by atoms with van der Waals surface area (Å²) in [5, 5.41) is 0. The minimum Gasteiger partial charge on any atom is -0.103 e. The molecule has 0 spiro atoms. The van der Waals surface area contributed by atoms with Gasteiger partial charge in [-0.15, -0.1) is 11.8 Å². The van der Waals surface area contributed by atoms with Gasteiger partial charge in [-0.2, -0.15) is 0 Å². The topological polar surface area (TPSA) is 0 Å². The lowest BCUT2D eigenvalue weighted by Crippen LogP contribution is -1.79. The molecule has 15 heavy (non-hydrogen) atoms. The Morgan fingerprint density at radius 3 is 1.87 bits per heavy atom. The molecule has 0 aromatic rings. The standard InChI is InChI=1S/C15H27/c1-3-5-7-9-11-13-15-14-12-10-8-6-4-2/h1,3-8,10,12-15H2,2H3. The maximum atomic E-state index is 3.80. The Morgan fingerprint density at radius 1 is 0.733 bits per heavy atom. The van der Waals surface area contributed by atoms with Crippen LogP contribution in [-0.2, 0) is 0 Å². The fourth-order valence-corrected chi connectivity index (χ4v) is 1.56. The highest BCUT2D eigenvalue weighted by Gasteiger charge is 1.88. The number of hydrogen-bond acceptors (Lipinski definition) is 0. The highest BCUT2D eigenvalue weighted by atomic mass is 13.9. The largest absolute Gasteiger partial charge is 0.103 e. The van der Waals surface area contributed by atoms with Crippen LogP contribution in [0.25, 0.3) is 0 Å². The summed E-state index contributed by atoms with van der Waals surface area (Å²) >= 11 is 0. The summed E-state index contributed by atoms with van der Waals surface area (Å²) in [6, 6.07) is 0. The average molecular weight is 207 g/mol. The monoisotopic (exact) mass is 207 g/mol.